The molecule has 6 nitrogen and oxygen atoms in total. The lowest BCUT2D eigenvalue weighted by atomic mass is 10.1. The number of benzene rings is 2. The van der Waals surface area contributed by atoms with Crippen molar-refractivity contribution in [3.05, 3.63) is 59.2 Å². The van der Waals surface area contributed by atoms with Crippen LogP contribution in [-0.2, 0) is 22.9 Å². The molecule has 2 aliphatic rings. The van der Waals surface area contributed by atoms with Crippen molar-refractivity contribution < 1.29 is 13.2 Å². The fourth-order valence-electron chi connectivity index (χ4n) is 4.07. The molecule has 7 heteroatoms. The molecule has 0 unspecified atom stereocenters. The second-order valence-electron chi connectivity index (χ2n) is 7.50. The molecule has 4 rings (SSSR count). The Morgan fingerprint density at radius 3 is 2.59 bits per heavy atom. The first-order chi connectivity index (χ1) is 14.0. The Morgan fingerprint density at radius 1 is 1.03 bits per heavy atom. The summed E-state index contributed by atoms with van der Waals surface area (Å²) in [6.07, 6.45) is 3.76. The maximum absolute atomic E-state index is 13.0. The van der Waals surface area contributed by atoms with E-state index in [2.05, 4.69) is 6.07 Å². The molecule has 0 aliphatic carbocycles. The molecular weight excluding hydrogens is 386 g/mol. The summed E-state index contributed by atoms with van der Waals surface area (Å²) < 4.78 is 27.5. The Kier molecular flexibility index (Phi) is 5.39. The normalized spacial score (nSPS) is 17.0. The zero-order valence-corrected chi connectivity index (χ0v) is 17.0. The van der Waals surface area contributed by atoms with E-state index in [4.69, 9.17) is 5.26 Å². The molecule has 2 aliphatic heterocycles. The van der Waals surface area contributed by atoms with Gasteiger partial charge in [0.1, 0.15) is 0 Å². The number of nitrogens with zero attached hydrogens (tertiary/aromatic N) is 3. The van der Waals surface area contributed by atoms with Gasteiger partial charge in [-0.25, -0.2) is 8.42 Å². The van der Waals surface area contributed by atoms with Crippen LogP contribution in [0.15, 0.2) is 47.4 Å². The van der Waals surface area contributed by atoms with Crippen LogP contribution in [0.4, 0.5) is 5.69 Å². The first kappa shape index (κ1) is 19.6. The molecule has 0 spiro atoms. The van der Waals surface area contributed by atoms with Crippen molar-refractivity contribution >= 4 is 21.6 Å². The van der Waals surface area contributed by atoms with Crippen LogP contribution in [0.5, 0.6) is 0 Å². The number of anilines is 1. The van der Waals surface area contributed by atoms with Gasteiger partial charge in [0.2, 0.25) is 10.0 Å². The van der Waals surface area contributed by atoms with Gasteiger partial charge in [-0.3, -0.25) is 4.79 Å². The van der Waals surface area contributed by atoms with E-state index in [1.165, 1.54) is 0 Å². The molecule has 0 aromatic heterocycles. The van der Waals surface area contributed by atoms with Gasteiger partial charge in [0, 0.05) is 30.9 Å². The minimum atomic E-state index is -3.49. The minimum Gasteiger partial charge on any atom is -0.308 e. The van der Waals surface area contributed by atoms with Gasteiger partial charge in [-0.2, -0.15) is 9.57 Å². The van der Waals surface area contributed by atoms with E-state index >= 15 is 0 Å². The molecule has 1 saturated heterocycles. The van der Waals surface area contributed by atoms with E-state index in [1.54, 1.807) is 45.6 Å². The van der Waals surface area contributed by atoms with Crippen LogP contribution in [0.25, 0.3) is 0 Å². The van der Waals surface area contributed by atoms with Crippen LogP contribution in [0.3, 0.4) is 0 Å². The lowest BCUT2D eigenvalue weighted by Gasteiger charge is -2.26. The van der Waals surface area contributed by atoms with E-state index in [9.17, 15) is 13.2 Å². The second kappa shape index (κ2) is 7.97. The summed E-state index contributed by atoms with van der Waals surface area (Å²) >= 11 is 0. The van der Waals surface area contributed by atoms with Crippen LogP contribution in [-0.4, -0.2) is 38.3 Å². The average Bonchev–Trinajstić information content (AvgIpc) is 3.17. The smallest absolute Gasteiger partial charge is 0.258 e. The summed E-state index contributed by atoms with van der Waals surface area (Å²) in [7, 11) is -3.49. The van der Waals surface area contributed by atoms with E-state index in [0.29, 0.717) is 36.5 Å². The number of piperidine rings is 1. The third-order valence-electron chi connectivity index (χ3n) is 5.60. The van der Waals surface area contributed by atoms with Crippen LogP contribution < -0.4 is 4.90 Å². The van der Waals surface area contributed by atoms with Crippen LogP contribution >= 0.6 is 0 Å². The number of amides is 1. The number of carbonyl (C=O) groups excluding carboxylic acids is 1. The maximum Gasteiger partial charge on any atom is 0.258 e. The number of hydrogen-bond acceptors (Lipinski definition) is 4. The standard InChI is InChI=1S/C22H23N3O3S/c23-11-9-17-5-4-6-19(15-17)22(26)25-14-10-18-16-20(7-8-21(18)25)29(27,28)24-12-2-1-3-13-24/h4-8,15-16H,1-3,9-10,12-14H2. The predicted octanol–water partition coefficient (Wildman–Crippen LogP) is 3.13. The lowest BCUT2D eigenvalue weighted by molar-refractivity contribution is 0.0989. The van der Waals surface area contributed by atoms with E-state index in [0.717, 1.165) is 36.1 Å². The quantitative estimate of drug-likeness (QED) is 0.777. The molecule has 150 valence electrons. The fourth-order valence-corrected chi connectivity index (χ4v) is 5.63. The Bertz CT molecular complexity index is 1080. The molecule has 29 heavy (non-hydrogen) atoms. The van der Waals surface area contributed by atoms with Gasteiger partial charge >= 0.3 is 0 Å². The number of sulfonamides is 1. The van der Waals surface area contributed by atoms with E-state index in [-0.39, 0.29) is 12.3 Å². The van der Waals surface area contributed by atoms with Crippen molar-refractivity contribution in [2.24, 2.45) is 0 Å². The lowest BCUT2D eigenvalue weighted by Crippen LogP contribution is -2.35. The van der Waals surface area contributed by atoms with Gasteiger partial charge in [-0.05, 0) is 60.7 Å². The molecule has 0 radical (unpaired) electrons. The van der Waals surface area contributed by atoms with Crippen molar-refractivity contribution in [1.82, 2.24) is 4.31 Å². The maximum atomic E-state index is 13.0. The van der Waals surface area contributed by atoms with Crippen LogP contribution in [0.2, 0.25) is 0 Å². The molecule has 1 amide bonds. The minimum absolute atomic E-state index is 0.129. The Morgan fingerprint density at radius 2 is 1.83 bits per heavy atom. The summed E-state index contributed by atoms with van der Waals surface area (Å²) in [4.78, 5) is 15.0. The van der Waals surface area contributed by atoms with Gasteiger partial charge < -0.3 is 4.90 Å². The molecule has 0 N–H and O–H groups in total. The highest BCUT2D eigenvalue weighted by atomic mass is 32.2. The topological polar surface area (TPSA) is 81.5 Å². The van der Waals surface area contributed by atoms with Crippen molar-refractivity contribution in [3.8, 4) is 6.07 Å². The molecule has 2 heterocycles. The predicted molar refractivity (Wildman–Crippen MR) is 110 cm³/mol. The highest BCUT2D eigenvalue weighted by Crippen LogP contribution is 2.32. The molecule has 0 saturated carbocycles. The molecule has 0 atom stereocenters. The van der Waals surface area contributed by atoms with Gasteiger partial charge in [0.05, 0.1) is 17.4 Å². The number of hydrogen-bond donors (Lipinski definition) is 0. The van der Waals surface area contributed by atoms with Gasteiger partial charge in [-0.1, -0.05) is 18.6 Å². The van der Waals surface area contributed by atoms with Gasteiger partial charge in [-0.15, -0.1) is 0 Å². The van der Waals surface area contributed by atoms with Crippen molar-refractivity contribution in [2.75, 3.05) is 24.5 Å². The van der Waals surface area contributed by atoms with Crippen molar-refractivity contribution in [2.45, 2.75) is 37.0 Å². The molecule has 2 aromatic carbocycles. The summed E-state index contributed by atoms with van der Waals surface area (Å²) in [5, 5.41) is 8.88. The third-order valence-corrected chi connectivity index (χ3v) is 7.50. The van der Waals surface area contributed by atoms with Crippen LogP contribution in [0, 0.1) is 11.3 Å². The Hall–Kier alpha value is -2.69. The second-order valence-corrected chi connectivity index (χ2v) is 9.44. The van der Waals surface area contributed by atoms with E-state index in [1.807, 2.05) is 6.07 Å². The Labute approximate surface area is 171 Å². The molecular formula is C22H23N3O3S. The average molecular weight is 410 g/mol. The molecule has 1 fully saturated rings. The SMILES string of the molecule is N#CCc1cccc(C(=O)N2CCc3cc(S(=O)(=O)N4CCCCC4)ccc32)c1. The number of fused-ring (bicyclic) bond motifs is 1. The molecule has 0 bridgehead atoms. The summed E-state index contributed by atoms with van der Waals surface area (Å²) in [5.41, 5.74) is 2.99. The zero-order valence-electron chi connectivity index (χ0n) is 16.2. The third kappa shape index (κ3) is 3.78. The highest BCUT2D eigenvalue weighted by Gasteiger charge is 2.30. The fraction of sp³-hybridized carbons (Fsp3) is 0.364. The van der Waals surface area contributed by atoms with Crippen molar-refractivity contribution in [3.63, 3.8) is 0 Å². The summed E-state index contributed by atoms with van der Waals surface area (Å²) in [6, 6.07) is 14.3. The number of carbonyl (C=O) groups is 1. The number of rotatable bonds is 4. The van der Waals surface area contributed by atoms with Crippen molar-refractivity contribution in [1.29, 1.82) is 5.26 Å². The zero-order chi connectivity index (χ0) is 20.4. The first-order valence-corrected chi connectivity index (χ1v) is 11.4. The summed E-state index contributed by atoms with van der Waals surface area (Å²) in [6.45, 7) is 1.66. The van der Waals surface area contributed by atoms with Gasteiger partial charge in [0.15, 0.2) is 0 Å². The van der Waals surface area contributed by atoms with Crippen LogP contribution in [0.1, 0.15) is 40.7 Å². The first-order valence-electron chi connectivity index (χ1n) is 9.91. The van der Waals surface area contributed by atoms with Gasteiger partial charge in [0.25, 0.3) is 5.91 Å². The number of nitriles is 1. The highest BCUT2D eigenvalue weighted by molar-refractivity contribution is 7.89. The molecule has 2 aromatic rings. The van der Waals surface area contributed by atoms with E-state index < -0.39 is 10.0 Å². The summed E-state index contributed by atoms with van der Waals surface area (Å²) in [5.74, 6) is -0.129. The largest absolute Gasteiger partial charge is 0.308 e. The Balaban J connectivity index is 1.59. The monoisotopic (exact) mass is 409 g/mol.